The summed E-state index contributed by atoms with van der Waals surface area (Å²) in [6, 6.07) is 7.28. The summed E-state index contributed by atoms with van der Waals surface area (Å²) in [6.45, 7) is 4.71. The number of hydrogen-bond donors (Lipinski definition) is 1. The first-order chi connectivity index (χ1) is 12.0. The predicted molar refractivity (Wildman–Crippen MR) is 95.3 cm³/mol. The number of para-hydroxylation sites is 2. The first-order valence-electron chi connectivity index (χ1n) is 8.52. The number of fused-ring (bicyclic) bond motifs is 1. The summed E-state index contributed by atoms with van der Waals surface area (Å²) in [7, 11) is 1.31. The van der Waals surface area contributed by atoms with Crippen LogP contribution in [0.15, 0.2) is 29.1 Å². The Kier molecular flexibility index (Phi) is 6.38. The number of carbonyl (C=O) groups excluding carboxylic acids is 2. The van der Waals surface area contributed by atoms with Crippen molar-refractivity contribution in [2.45, 2.75) is 52.2 Å². The van der Waals surface area contributed by atoms with E-state index in [0.29, 0.717) is 13.1 Å². The molecular formula is C18H25N3O4. The van der Waals surface area contributed by atoms with Gasteiger partial charge in [0.05, 0.1) is 24.6 Å². The van der Waals surface area contributed by atoms with Crippen LogP contribution in [0.5, 0.6) is 0 Å². The summed E-state index contributed by atoms with van der Waals surface area (Å²) < 4.78 is 7.96. The lowest BCUT2D eigenvalue weighted by atomic mass is 10.2. The number of benzene rings is 1. The number of carbonyl (C=O) groups is 2. The number of ether oxygens (including phenoxy) is 1. The Balaban J connectivity index is 2.08. The highest BCUT2D eigenvalue weighted by Gasteiger charge is 2.15. The van der Waals surface area contributed by atoms with Crippen LogP contribution in [0.2, 0.25) is 0 Å². The highest BCUT2D eigenvalue weighted by molar-refractivity contribution is 5.79. The number of hydrogen-bond acceptors (Lipinski definition) is 4. The molecule has 1 unspecified atom stereocenters. The van der Waals surface area contributed by atoms with Gasteiger partial charge in [0, 0.05) is 25.6 Å². The average molecular weight is 347 g/mol. The molecule has 0 saturated carbocycles. The normalized spacial score (nSPS) is 12.1. The Morgan fingerprint density at radius 1 is 1.16 bits per heavy atom. The number of amides is 1. The SMILES string of the molecule is CCCn1c(=O)n(CCC(=O)NC(C)CC(=O)OC)c2ccccc21. The van der Waals surface area contributed by atoms with E-state index in [0.717, 1.165) is 17.5 Å². The van der Waals surface area contributed by atoms with Gasteiger partial charge in [0.1, 0.15) is 0 Å². The van der Waals surface area contributed by atoms with Crippen molar-refractivity contribution in [1.29, 1.82) is 0 Å². The van der Waals surface area contributed by atoms with Crippen LogP contribution in [0.1, 0.15) is 33.1 Å². The van der Waals surface area contributed by atoms with Crippen LogP contribution in [-0.2, 0) is 27.4 Å². The molecule has 1 aromatic heterocycles. The number of aryl methyl sites for hydroxylation is 2. The molecule has 7 nitrogen and oxygen atoms in total. The Morgan fingerprint density at radius 3 is 2.32 bits per heavy atom. The van der Waals surface area contributed by atoms with Crippen LogP contribution in [-0.4, -0.2) is 34.2 Å². The number of nitrogens with zero attached hydrogens (tertiary/aromatic N) is 2. The minimum atomic E-state index is -0.369. The first-order valence-corrected chi connectivity index (χ1v) is 8.52. The smallest absolute Gasteiger partial charge is 0.329 e. The van der Waals surface area contributed by atoms with Gasteiger partial charge in [0.25, 0.3) is 0 Å². The zero-order valence-electron chi connectivity index (χ0n) is 14.9. The van der Waals surface area contributed by atoms with E-state index in [4.69, 9.17) is 0 Å². The fraction of sp³-hybridized carbons (Fsp3) is 0.500. The fourth-order valence-corrected chi connectivity index (χ4v) is 2.87. The van der Waals surface area contributed by atoms with Crippen LogP contribution >= 0.6 is 0 Å². The van der Waals surface area contributed by atoms with Crippen molar-refractivity contribution < 1.29 is 14.3 Å². The molecule has 2 rings (SSSR count). The number of imidazole rings is 1. The molecule has 1 amide bonds. The van der Waals surface area contributed by atoms with E-state index in [1.807, 2.05) is 31.2 Å². The zero-order chi connectivity index (χ0) is 18.4. The molecule has 0 radical (unpaired) electrons. The highest BCUT2D eigenvalue weighted by Crippen LogP contribution is 2.13. The number of rotatable bonds is 8. The minimum absolute atomic E-state index is 0.0986. The molecule has 136 valence electrons. The topological polar surface area (TPSA) is 82.3 Å². The molecule has 7 heteroatoms. The fourth-order valence-electron chi connectivity index (χ4n) is 2.87. The molecule has 25 heavy (non-hydrogen) atoms. The van der Waals surface area contributed by atoms with Gasteiger partial charge in [-0.2, -0.15) is 0 Å². The van der Waals surface area contributed by atoms with Gasteiger partial charge in [-0.05, 0) is 25.5 Å². The highest BCUT2D eigenvalue weighted by atomic mass is 16.5. The summed E-state index contributed by atoms with van der Waals surface area (Å²) in [4.78, 5) is 35.9. The van der Waals surface area contributed by atoms with E-state index < -0.39 is 0 Å². The number of esters is 1. The number of nitrogens with one attached hydrogen (secondary N) is 1. The summed E-state index contributed by atoms with van der Waals surface area (Å²) in [6.07, 6.45) is 1.16. The van der Waals surface area contributed by atoms with E-state index in [2.05, 4.69) is 10.1 Å². The van der Waals surface area contributed by atoms with Gasteiger partial charge >= 0.3 is 11.7 Å². The van der Waals surface area contributed by atoms with Crippen molar-refractivity contribution in [3.63, 3.8) is 0 Å². The second kappa shape index (κ2) is 8.50. The maximum Gasteiger partial charge on any atom is 0.329 e. The van der Waals surface area contributed by atoms with E-state index in [-0.39, 0.29) is 36.4 Å². The molecule has 0 fully saturated rings. The molecule has 2 aromatic rings. The molecule has 1 heterocycles. The average Bonchev–Trinajstić information content (AvgIpc) is 2.85. The third-order valence-corrected chi connectivity index (χ3v) is 4.04. The van der Waals surface area contributed by atoms with Crippen molar-refractivity contribution in [3.05, 3.63) is 34.7 Å². The second-order valence-electron chi connectivity index (χ2n) is 6.07. The van der Waals surface area contributed by atoms with Gasteiger partial charge in [-0.1, -0.05) is 19.1 Å². The van der Waals surface area contributed by atoms with E-state index in [9.17, 15) is 14.4 Å². The molecule has 1 aromatic carbocycles. The van der Waals surface area contributed by atoms with Gasteiger partial charge in [-0.3, -0.25) is 18.7 Å². The molecular weight excluding hydrogens is 322 g/mol. The first kappa shape index (κ1) is 18.8. The van der Waals surface area contributed by atoms with Crippen LogP contribution < -0.4 is 11.0 Å². The second-order valence-corrected chi connectivity index (χ2v) is 6.07. The Labute approximate surface area is 146 Å². The quantitative estimate of drug-likeness (QED) is 0.737. The molecule has 0 aliphatic carbocycles. The van der Waals surface area contributed by atoms with Crippen LogP contribution in [0.4, 0.5) is 0 Å². The largest absolute Gasteiger partial charge is 0.469 e. The van der Waals surface area contributed by atoms with Gasteiger partial charge in [0.15, 0.2) is 0 Å². The van der Waals surface area contributed by atoms with Gasteiger partial charge in [-0.25, -0.2) is 4.79 Å². The Hall–Kier alpha value is -2.57. The van der Waals surface area contributed by atoms with Crippen molar-refractivity contribution in [2.24, 2.45) is 0 Å². The summed E-state index contributed by atoms with van der Waals surface area (Å²) in [5.41, 5.74) is 1.61. The van der Waals surface area contributed by atoms with E-state index in [1.54, 1.807) is 16.1 Å². The Morgan fingerprint density at radius 2 is 1.76 bits per heavy atom. The predicted octanol–water partition coefficient (Wildman–Crippen LogP) is 1.67. The standard InChI is InChI=1S/C18H25N3O4/c1-4-10-20-14-7-5-6-8-15(14)21(18(20)24)11-9-16(22)19-13(2)12-17(23)25-3/h5-8,13H,4,9-12H2,1-3H3,(H,19,22). The Bertz CT molecular complexity index is 806. The molecule has 0 saturated heterocycles. The van der Waals surface area contributed by atoms with E-state index in [1.165, 1.54) is 7.11 Å². The van der Waals surface area contributed by atoms with Crippen molar-refractivity contribution >= 4 is 22.9 Å². The van der Waals surface area contributed by atoms with Gasteiger partial charge in [0.2, 0.25) is 5.91 Å². The summed E-state index contributed by atoms with van der Waals surface area (Å²) in [5, 5.41) is 2.75. The third kappa shape index (κ3) is 4.49. The lowest BCUT2D eigenvalue weighted by molar-refractivity contribution is -0.141. The minimum Gasteiger partial charge on any atom is -0.469 e. The van der Waals surface area contributed by atoms with Crippen molar-refractivity contribution in [3.8, 4) is 0 Å². The maximum absolute atomic E-state index is 12.6. The molecule has 0 aliphatic rings. The third-order valence-electron chi connectivity index (χ3n) is 4.04. The number of methoxy groups -OCH3 is 1. The maximum atomic E-state index is 12.6. The molecule has 0 spiro atoms. The summed E-state index contributed by atoms with van der Waals surface area (Å²) >= 11 is 0. The van der Waals surface area contributed by atoms with Crippen LogP contribution in [0.3, 0.4) is 0 Å². The zero-order valence-corrected chi connectivity index (χ0v) is 14.9. The van der Waals surface area contributed by atoms with E-state index >= 15 is 0 Å². The summed E-state index contributed by atoms with van der Waals surface area (Å²) in [5.74, 6) is -0.567. The molecule has 0 aliphatic heterocycles. The van der Waals surface area contributed by atoms with Gasteiger partial charge < -0.3 is 10.1 Å². The lowest BCUT2D eigenvalue weighted by Gasteiger charge is -2.12. The van der Waals surface area contributed by atoms with Crippen LogP contribution in [0, 0.1) is 0 Å². The van der Waals surface area contributed by atoms with Gasteiger partial charge in [-0.15, -0.1) is 0 Å². The monoisotopic (exact) mass is 347 g/mol. The van der Waals surface area contributed by atoms with Crippen molar-refractivity contribution in [1.82, 2.24) is 14.5 Å². The van der Waals surface area contributed by atoms with Crippen LogP contribution in [0.25, 0.3) is 11.0 Å². The number of aromatic nitrogens is 2. The molecule has 0 bridgehead atoms. The molecule has 1 N–H and O–H groups in total. The van der Waals surface area contributed by atoms with Crippen molar-refractivity contribution in [2.75, 3.05) is 7.11 Å². The lowest BCUT2D eigenvalue weighted by Crippen LogP contribution is -2.35. The molecule has 1 atom stereocenters.